The van der Waals surface area contributed by atoms with Gasteiger partial charge in [0.2, 0.25) is 0 Å². The molecule has 3 nitrogen and oxygen atoms in total. The molecule has 0 atom stereocenters. The van der Waals surface area contributed by atoms with Crippen molar-refractivity contribution in [3.63, 3.8) is 0 Å². The first-order chi connectivity index (χ1) is 10.7. The third-order valence-corrected chi connectivity index (χ3v) is 5.22. The minimum Gasteiger partial charge on any atom is -0.319 e. The van der Waals surface area contributed by atoms with E-state index in [1.807, 2.05) is 19.2 Å². The predicted molar refractivity (Wildman–Crippen MR) is 93.4 cm³/mol. The van der Waals surface area contributed by atoms with Crippen molar-refractivity contribution in [2.45, 2.75) is 26.3 Å². The number of pyridine rings is 1. The molecule has 0 saturated carbocycles. The van der Waals surface area contributed by atoms with Gasteiger partial charge in [-0.15, -0.1) is 0 Å². The summed E-state index contributed by atoms with van der Waals surface area (Å²) in [5.41, 5.74) is 3.21. The van der Waals surface area contributed by atoms with Gasteiger partial charge in [-0.1, -0.05) is 29.8 Å². The van der Waals surface area contributed by atoms with Crippen LogP contribution in [0.5, 0.6) is 0 Å². The Morgan fingerprint density at radius 1 is 1.27 bits per heavy atom. The van der Waals surface area contributed by atoms with Crippen LogP contribution in [-0.2, 0) is 6.54 Å². The standard InChI is InChI=1S/C18H24ClN3/c1-13-15-5-3-4-6-16(15)21-17(18(13)19)12-22-9-7-14(8-10-22)11-20-2/h3-6,14,20H,7-12H2,1-2H3. The number of fused-ring (bicyclic) bond motifs is 1. The van der Waals surface area contributed by atoms with E-state index in [0.29, 0.717) is 0 Å². The lowest BCUT2D eigenvalue weighted by Crippen LogP contribution is -2.36. The average Bonchev–Trinajstić information content (AvgIpc) is 2.54. The van der Waals surface area contributed by atoms with Crippen LogP contribution < -0.4 is 5.32 Å². The summed E-state index contributed by atoms with van der Waals surface area (Å²) < 4.78 is 0. The summed E-state index contributed by atoms with van der Waals surface area (Å²) >= 11 is 6.57. The van der Waals surface area contributed by atoms with Gasteiger partial charge in [0, 0.05) is 11.9 Å². The van der Waals surface area contributed by atoms with Crippen molar-refractivity contribution in [1.82, 2.24) is 15.2 Å². The second-order valence-corrected chi connectivity index (χ2v) is 6.67. The van der Waals surface area contributed by atoms with Crippen molar-refractivity contribution in [3.8, 4) is 0 Å². The summed E-state index contributed by atoms with van der Waals surface area (Å²) in [4.78, 5) is 7.28. The predicted octanol–water partition coefficient (Wildman–Crippen LogP) is 3.63. The Morgan fingerprint density at radius 3 is 2.73 bits per heavy atom. The highest BCUT2D eigenvalue weighted by Gasteiger charge is 2.20. The largest absolute Gasteiger partial charge is 0.319 e. The van der Waals surface area contributed by atoms with E-state index in [1.54, 1.807) is 0 Å². The van der Waals surface area contributed by atoms with E-state index >= 15 is 0 Å². The van der Waals surface area contributed by atoms with E-state index < -0.39 is 0 Å². The summed E-state index contributed by atoms with van der Waals surface area (Å²) in [6.07, 6.45) is 2.51. The molecule has 1 N–H and O–H groups in total. The zero-order valence-electron chi connectivity index (χ0n) is 13.4. The Bertz CT molecular complexity index is 648. The molecule has 1 aliphatic heterocycles. The Morgan fingerprint density at radius 2 is 2.00 bits per heavy atom. The molecule has 2 heterocycles. The summed E-state index contributed by atoms with van der Waals surface area (Å²) in [6.45, 7) is 6.35. The van der Waals surface area contributed by atoms with Gasteiger partial charge in [0.15, 0.2) is 0 Å². The first kappa shape index (κ1) is 15.7. The van der Waals surface area contributed by atoms with Crippen LogP contribution >= 0.6 is 11.6 Å². The van der Waals surface area contributed by atoms with Gasteiger partial charge in [0.25, 0.3) is 0 Å². The normalized spacial score (nSPS) is 17.2. The summed E-state index contributed by atoms with van der Waals surface area (Å²) in [6, 6.07) is 8.24. The van der Waals surface area contributed by atoms with Crippen molar-refractivity contribution in [3.05, 3.63) is 40.5 Å². The fourth-order valence-electron chi connectivity index (χ4n) is 3.37. The maximum absolute atomic E-state index is 6.57. The number of halogens is 1. The zero-order valence-corrected chi connectivity index (χ0v) is 14.2. The lowest BCUT2D eigenvalue weighted by Gasteiger charge is -2.31. The lowest BCUT2D eigenvalue weighted by atomic mass is 9.96. The molecule has 0 spiro atoms. The van der Waals surface area contributed by atoms with Crippen molar-refractivity contribution < 1.29 is 0 Å². The number of nitrogens with one attached hydrogen (secondary N) is 1. The van der Waals surface area contributed by atoms with Gasteiger partial charge in [-0.2, -0.15) is 0 Å². The number of nitrogens with zero attached hydrogens (tertiary/aromatic N) is 2. The molecule has 0 unspecified atom stereocenters. The van der Waals surface area contributed by atoms with Crippen LogP contribution in [0.4, 0.5) is 0 Å². The Labute approximate surface area is 137 Å². The molecule has 2 aromatic rings. The molecular weight excluding hydrogens is 294 g/mol. The Kier molecular flexibility index (Phi) is 4.97. The monoisotopic (exact) mass is 317 g/mol. The molecule has 1 saturated heterocycles. The lowest BCUT2D eigenvalue weighted by molar-refractivity contribution is 0.175. The highest BCUT2D eigenvalue weighted by atomic mass is 35.5. The van der Waals surface area contributed by atoms with Crippen molar-refractivity contribution in [1.29, 1.82) is 0 Å². The van der Waals surface area contributed by atoms with E-state index in [0.717, 1.165) is 59.3 Å². The molecular formula is C18H24ClN3. The first-order valence-corrected chi connectivity index (χ1v) is 8.47. The van der Waals surface area contributed by atoms with Gasteiger partial charge in [-0.25, -0.2) is 4.98 Å². The molecule has 0 bridgehead atoms. The van der Waals surface area contributed by atoms with Crippen molar-refractivity contribution in [2.75, 3.05) is 26.7 Å². The van der Waals surface area contributed by atoms with Gasteiger partial charge in [0.1, 0.15) is 0 Å². The fraction of sp³-hybridized carbons (Fsp3) is 0.500. The molecule has 1 fully saturated rings. The smallest absolute Gasteiger partial charge is 0.0740 e. The van der Waals surface area contributed by atoms with Crippen LogP contribution in [0, 0.1) is 12.8 Å². The number of rotatable bonds is 4. The van der Waals surface area contributed by atoms with Crippen LogP contribution in [0.3, 0.4) is 0 Å². The fourth-order valence-corrected chi connectivity index (χ4v) is 3.58. The van der Waals surface area contributed by atoms with Gasteiger partial charge < -0.3 is 5.32 Å². The number of hydrogen-bond donors (Lipinski definition) is 1. The summed E-state index contributed by atoms with van der Waals surface area (Å²) in [5, 5.41) is 5.27. The molecule has 0 radical (unpaired) electrons. The molecule has 1 aliphatic rings. The van der Waals surface area contributed by atoms with E-state index in [9.17, 15) is 0 Å². The highest BCUT2D eigenvalue weighted by molar-refractivity contribution is 6.32. The minimum atomic E-state index is 0.808. The third kappa shape index (κ3) is 3.27. The van der Waals surface area contributed by atoms with Gasteiger partial charge in [0.05, 0.1) is 16.2 Å². The maximum Gasteiger partial charge on any atom is 0.0740 e. The van der Waals surface area contributed by atoms with Gasteiger partial charge >= 0.3 is 0 Å². The van der Waals surface area contributed by atoms with E-state index in [2.05, 4.69) is 29.3 Å². The van der Waals surface area contributed by atoms with Crippen molar-refractivity contribution >= 4 is 22.5 Å². The maximum atomic E-state index is 6.57. The third-order valence-electron chi connectivity index (χ3n) is 4.72. The number of para-hydroxylation sites is 1. The summed E-state index contributed by atoms with van der Waals surface area (Å²) in [5.74, 6) is 0.808. The summed E-state index contributed by atoms with van der Waals surface area (Å²) in [7, 11) is 2.04. The quantitative estimate of drug-likeness (QED) is 0.933. The van der Waals surface area contributed by atoms with Crippen LogP contribution in [0.1, 0.15) is 24.1 Å². The van der Waals surface area contributed by atoms with E-state index in [1.165, 1.54) is 12.8 Å². The topological polar surface area (TPSA) is 28.2 Å². The van der Waals surface area contributed by atoms with Gasteiger partial charge in [-0.3, -0.25) is 4.90 Å². The molecule has 4 heteroatoms. The molecule has 0 aliphatic carbocycles. The van der Waals surface area contributed by atoms with Crippen molar-refractivity contribution in [2.24, 2.45) is 5.92 Å². The molecule has 3 rings (SSSR count). The van der Waals surface area contributed by atoms with Gasteiger partial charge in [-0.05, 0) is 64.0 Å². The van der Waals surface area contributed by atoms with Crippen LogP contribution in [0.2, 0.25) is 5.02 Å². The average molecular weight is 318 g/mol. The number of piperidine rings is 1. The Hall–Kier alpha value is -1.16. The van der Waals surface area contributed by atoms with Crippen LogP contribution in [-0.4, -0.2) is 36.6 Å². The van der Waals surface area contributed by atoms with Crippen LogP contribution in [0.15, 0.2) is 24.3 Å². The highest BCUT2D eigenvalue weighted by Crippen LogP contribution is 2.28. The first-order valence-electron chi connectivity index (χ1n) is 8.09. The number of benzene rings is 1. The second kappa shape index (κ2) is 6.95. The number of hydrogen-bond acceptors (Lipinski definition) is 3. The second-order valence-electron chi connectivity index (χ2n) is 6.29. The minimum absolute atomic E-state index is 0.808. The SMILES string of the molecule is CNCC1CCN(Cc2nc3ccccc3c(C)c2Cl)CC1. The van der Waals surface area contributed by atoms with Crippen LogP contribution in [0.25, 0.3) is 10.9 Å². The molecule has 118 valence electrons. The molecule has 1 aromatic heterocycles. The number of aromatic nitrogens is 1. The van der Waals surface area contributed by atoms with E-state index in [-0.39, 0.29) is 0 Å². The molecule has 1 aromatic carbocycles. The zero-order chi connectivity index (χ0) is 15.5. The molecule has 22 heavy (non-hydrogen) atoms. The van der Waals surface area contributed by atoms with E-state index in [4.69, 9.17) is 16.6 Å². The number of aryl methyl sites for hydroxylation is 1. The Balaban J connectivity index is 1.76. The number of likely N-dealkylation sites (tertiary alicyclic amines) is 1. The molecule has 0 amide bonds.